The van der Waals surface area contributed by atoms with Gasteiger partial charge in [-0.2, -0.15) is 0 Å². The molecular formula is C24H23F2N3O2S. The molecule has 0 N–H and O–H groups in total. The third-order valence-corrected chi connectivity index (χ3v) is 7.49. The highest BCUT2D eigenvalue weighted by Gasteiger charge is 2.58. The van der Waals surface area contributed by atoms with Crippen LogP contribution < -0.4 is 4.90 Å². The van der Waals surface area contributed by atoms with Crippen molar-refractivity contribution in [3.05, 3.63) is 53.2 Å². The largest absolute Gasteiger partial charge is 0.356 e. The number of halogens is 2. The summed E-state index contributed by atoms with van der Waals surface area (Å²) in [5.74, 6) is 2.15. The average molecular weight is 456 g/mol. The van der Waals surface area contributed by atoms with Gasteiger partial charge in [0.05, 0.1) is 11.6 Å². The van der Waals surface area contributed by atoms with Crippen LogP contribution in [0.5, 0.6) is 0 Å². The molecule has 2 aromatic rings. The molecule has 32 heavy (non-hydrogen) atoms. The van der Waals surface area contributed by atoms with Crippen molar-refractivity contribution in [1.82, 2.24) is 9.88 Å². The number of piperidine rings is 1. The third kappa shape index (κ3) is 3.44. The van der Waals surface area contributed by atoms with Gasteiger partial charge in [0.1, 0.15) is 23.7 Å². The molecule has 0 radical (unpaired) electrons. The molecule has 2 atom stereocenters. The van der Waals surface area contributed by atoms with Crippen molar-refractivity contribution in [2.75, 3.05) is 24.2 Å². The van der Waals surface area contributed by atoms with Crippen LogP contribution in [0.15, 0.2) is 35.4 Å². The highest BCUT2D eigenvalue weighted by molar-refractivity contribution is 7.98. The Labute approximate surface area is 190 Å². The number of ether oxygens (including phenoxy) is 1. The van der Waals surface area contributed by atoms with E-state index in [0.717, 1.165) is 22.3 Å². The molecule has 1 spiro atoms. The maximum Gasteiger partial charge on any atom is 0.257 e. The summed E-state index contributed by atoms with van der Waals surface area (Å²) >= 11 is 1.58. The van der Waals surface area contributed by atoms with Crippen molar-refractivity contribution in [3.8, 4) is 12.3 Å². The van der Waals surface area contributed by atoms with Gasteiger partial charge in [0, 0.05) is 43.1 Å². The Hall–Kier alpha value is -2.63. The van der Waals surface area contributed by atoms with E-state index < -0.39 is 17.2 Å². The van der Waals surface area contributed by atoms with Gasteiger partial charge in [0.15, 0.2) is 5.60 Å². The number of pyridine rings is 1. The minimum Gasteiger partial charge on any atom is -0.356 e. The lowest BCUT2D eigenvalue weighted by atomic mass is 9.89. The van der Waals surface area contributed by atoms with Crippen molar-refractivity contribution in [3.63, 3.8) is 0 Å². The quantitative estimate of drug-likeness (QED) is 0.515. The fourth-order valence-corrected chi connectivity index (χ4v) is 5.67. The highest BCUT2D eigenvalue weighted by atomic mass is 32.2. The molecule has 1 amide bonds. The zero-order chi connectivity index (χ0) is 22.5. The number of carbonyl (C=O) groups is 1. The first-order chi connectivity index (χ1) is 15.4. The summed E-state index contributed by atoms with van der Waals surface area (Å²) in [6, 6.07) is 5.10. The van der Waals surface area contributed by atoms with Gasteiger partial charge in [-0.3, -0.25) is 4.79 Å². The van der Waals surface area contributed by atoms with Crippen LogP contribution in [0.3, 0.4) is 0 Å². The first kappa shape index (κ1) is 21.2. The van der Waals surface area contributed by atoms with Gasteiger partial charge in [-0.05, 0) is 42.9 Å². The number of anilines is 1. The Morgan fingerprint density at radius 3 is 2.56 bits per heavy atom. The molecule has 1 aromatic carbocycles. The highest BCUT2D eigenvalue weighted by Crippen LogP contribution is 2.48. The number of hydrogen-bond donors (Lipinski definition) is 0. The van der Waals surface area contributed by atoms with E-state index in [1.807, 2.05) is 12.3 Å². The SMILES string of the molecule is C#Cc1cnc(N2CCC3(CC2)O[C@@H]2CC[C@@H](c4cc(F)cc(F)c4)N2C3=O)cc1SC. The van der Waals surface area contributed by atoms with Gasteiger partial charge in [-0.25, -0.2) is 13.8 Å². The summed E-state index contributed by atoms with van der Waals surface area (Å²) in [6.45, 7) is 1.25. The minimum atomic E-state index is -0.882. The van der Waals surface area contributed by atoms with E-state index in [9.17, 15) is 13.6 Å². The lowest BCUT2D eigenvalue weighted by Gasteiger charge is -2.38. The monoisotopic (exact) mass is 455 g/mol. The molecule has 0 bridgehead atoms. The molecule has 1 aromatic heterocycles. The maximum absolute atomic E-state index is 13.8. The molecule has 8 heteroatoms. The first-order valence-electron chi connectivity index (χ1n) is 10.7. The fraction of sp³-hybridized carbons (Fsp3) is 0.417. The predicted molar refractivity (Wildman–Crippen MR) is 118 cm³/mol. The van der Waals surface area contributed by atoms with Crippen LogP contribution >= 0.6 is 11.8 Å². The molecule has 5 nitrogen and oxygen atoms in total. The molecule has 0 unspecified atom stereocenters. The van der Waals surface area contributed by atoms with Crippen LogP contribution in [-0.4, -0.2) is 47.0 Å². The number of hydrogen-bond acceptors (Lipinski definition) is 5. The molecule has 0 aliphatic carbocycles. The molecule has 5 rings (SSSR count). The predicted octanol–water partition coefficient (Wildman–Crippen LogP) is 4.12. The third-order valence-electron chi connectivity index (χ3n) is 6.71. The second kappa shape index (κ2) is 8.05. The van der Waals surface area contributed by atoms with Gasteiger partial charge in [-0.15, -0.1) is 18.2 Å². The molecule has 3 aliphatic heterocycles. The molecule has 3 saturated heterocycles. The standard InChI is InChI=1S/C24H23F2N3O2S/c1-3-15-14-27-21(13-20(15)32-2)28-8-6-24(7-9-28)23(30)29-19(4-5-22(29)31-24)16-10-17(25)12-18(26)11-16/h1,10-14,19,22H,4-9H2,2H3/t19-,22+/m0/s1. The minimum absolute atomic E-state index is 0.0743. The second-order valence-corrected chi connectivity index (χ2v) is 9.30. The number of thioether (sulfide) groups is 1. The zero-order valence-corrected chi connectivity index (χ0v) is 18.5. The molecule has 166 valence electrons. The topological polar surface area (TPSA) is 45.7 Å². The zero-order valence-electron chi connectivity index (χ0n) is 17.7. The summed E-state index contributed by atoms with van der Waals surface area (Å²) in [5.41, 5.74) is 0.371. The summed E-state index contributed by atoms with van der Waals surface area (Å²) in [4.78, 5) is 22.8. The van der Waals surface area contributed by atoms with E-state index in [0.29, 0.717) is 44.3 Å². The van der Waals surface area contributed by atoms with Crippen LogP contribution in [-0.2, 0) is 9.53 Å². The van der Waals surface area contributed by atoms with Crippen molar-refractivity contribution in [2.24, 2.45) is 0 Å². The Kier molecular flexibility index (Phi) is 5.34. The van der Waals surface area contributed by atoms with Gasteiger partial charge < -0.3 is 14.5 Å². The molecule has 3 aliphatic rings. The van der Waals surface area contributed by atoms with Gasteiger partial charge >= 0.3 is 0 Å². The van der Waals surface area contributed by atoms with E-state index >= 15 is 0 Å². The van der Waals surface area contributed by atoms with Gasteiger partial charge in [-0.1, -0.05) is 5.92 Å². The van der Waals surface area contributed by atoms with Crippen molar-refractivity contribution < 1.29 is 18.3 Å². The van der Waals surface area contributed by atoms with Crippen molar-refractivity contribution >= 4 is 23.5 Å². The maximum atomic E-state index is 13.8. The Bertz CT molecular complexity index is 1090. The lowest BCUT2D eigenvalue weighted by molar-refractivity contribution is -0.140. The summed E-state index contributed by atoms with van der Waals surface area (Å²) in [6.07, 6.45) is 11.3. The second-order valence-electron chi connectivity index (χ2n) is 8.45. The average Bonchev–Trinajstić information content (AvgIpc) is 3.31. The fourth-order valence-electron chi connectivity index (χ4n) is 5.11. The number of nitrogens with zero attached hydrogens (tertiary/aromatic N) is 3. The number of terminal acetylenes is 1. The van der Waals surface area contributed by atoms with Crippen LogP contribution in [0.25, 0.3) is 0 Å². The smallest absolute Gasteiger partial charge is 0.257 e. The van der Waals surface area contributed by atoms with Gasteiger partial charge in [0.25, 0.3) is 5.91 Å². The van der Waals surface area contributed by atoms with Crippen molar-refractivity contribution in [1.29, 1.82) is 0 Å². The molecule has 0 saturated carbocycles. The van der Waals surface area contributed by atoms with Crippen LogP contribution in [0.4, 0.5) is 14.6 Å². The van der Waals surface area contributed by atoms with E-state index in [-0.39, 0.29) is 18.2 Å². The summed E-state index contributed by atoms with van der Waals surface area (Å²) < 4.78 is 33.9. The molecule has 4 heterocycles. The Morgan fingerprint density at radius 1 is 1.19 bits per heavy atom. The van der Waals surface area contributed by atoms with Gasteiger partial charge in [0.2, 0.25) is 0 Å². The number of fused-ring (bicyclic) bond motifs is 1. The molecular weight excluding hydrogens is 432 g/mol. The Balaban J connectivity index is 1.33. The van der Waals surface area contributed by atoms with E-state index in [2.05, 4.69) is 15.8 Å². The van der Waals surface area contributed by atoms with Crippen LogP contribution in [0.1, 0.15) is 42.9 Å². The van der Waals surface area contributed by atoms with E-state index in [1.165, 1.54) is 12.1 Å². The number of benzene rings is 1. The lowest BCUT2D eigenvalue weighted by Crippen LogP contribution is -2.50. The van der Waals surface area contributed by atoms with Crippen LogP contribution in [0.2, 0.25) is 0 Å². The summed E-state index contributed by atoms with van der Waals surface area (Å²) in [7, 11) is 0. The number of aromatic nitrogens is 1. The van der Waals surface area contributed by atoms with E-state index in [1.54, 1.807) is 22.9 Å². The number of rotatable bonds is 3. The molecule has 3 fully saturated rings. The van der Waals surface area contributed by atoms with E-state index in [4.69, 9.17) is 11.2 Å². The number of carbonyl (C=O) groups excluding carboxylic acids is 1. The van der Waals surface area contributed by atoms with Crippen molar-refractivity contribution in [2.45, 2.75) is 48.4 Å². The first-order valence-corrected chi connectivity index (χ1v) is 11.9. The normalized spacial score (nSPS) is 24.1. The Morgan fingerprint density at radius 2 is 1.91 bits per heavy atom. The van der Waals surface area contributed by atoms with Crippen LogP contribution in [0, 0.1) is 24.0 Å². The summed E-state index contributed by atoms with van der Waals surface area (Å²) in [5, 5.41) is 0. The number of amides is 1.